The second kappa shape index (κ2) is 8.79. The molecule has 0 radical (unpaired) electrons. The predicted molar refractivity (Wildman–Crippen MR) is 109 cm³/mol. The summed E-state index contributed by atoms with van der Waals surface area (Å²) >= 11 is 0. The van der Waals surface area contributed by atoms with E-state index in [4.69, 9.17) is 0 Å². The molecule has 8 heteroatoms. The first-order chi connectivity index (χ1) is 14.5. The number of hydrogen-bond donors (Lipinski definition) is 2. The number of pyridine rings is 1. The van der Waals surface area contributed by atoms with Crippen molar-refractivity contribution in [3.05, 3.63) is 66.0 Å². The summed E-state index contributed by atoms with van der Waals surface area (Å²) < 4.78 is 25.6. The lowest BCUT2D eigenvalue weighted by molar-refractivity contribution is 0.0563. The van der Waals surface area contributed by atoms with Gasteiger partial charge in [-0.1, -0.05) is 0 Å². The van der Waals surface area contributed by atoms with E-state index >= 15 is 0 Å². The molecule has 2 aliphatic rings. The van der Waals surface area contributed by atoms with Gasteiger partial charge in [0.1, 0.15) is 11.6 Å². The van der Waals surface area contributed by atoms with E-state index in [1.807, 2.05) is 12.3 Å². The molecule has 0 atom stereocenters. The van der Waals surface area contributed by atoms with E-state index < -0.39 is 11.6 Å². The highest BCUT2D eigenvalue weighted by Crippen LogP contribution is 2.24. The molecule has 3 aromatic rings. The standard InChI is InChI=1S/C16H20N4O2.C6H4F2/c21-13-7-11(8-13)18-16(22)14-10-17-20-6-3-12(9-15(14)20)19-4-1-2-5-19;7-5-1-2-6(8)4-3-5/h3,6,9-11,13,21H,1-2,4-5,7-8H2,(H,18,22);1-4H. The first-order valence-corrected chi connectivity index (χ1v) is 10.1. The maximum Gasteiger partial charge on any atom is 0.255 e. The van der Waals surface area contributed by atoms with E-state index in [-0.39, 0.29) is 18.1 Å². The Hall–Kier alpha value is -3.00. The molecule has 2 aromatic heterocycles. The summed E-state index contributed by atoms with van der Waals surface area (Å²) in [6, 6.07) is 8.49. The Balaban J connectivity index is 0.000000230. The molecule has 0 unspecified atom stereocenters. The van der Waals surface area contributed by atoms with Crippen molar-refractivity contribution in [1.82, 2.24) is 14.9 Å². The zero-order valence-electron chi connectivity index (χ0n) is 16.5. The maximum absolute atomic E-state index is 12.4. The number of aliphatic hydroxyl groups excluding tert-OH is 1. The highest BCUT2D eigenvalue weighted by atomic mass is 19.1. The topological polar surface area (TPSA) is 69.9 Å². The summed E-state index contributed by atoms with van der Waals surface area (Å²) in [7, 11) is 0. The third-order valence-corrected chi connectivity index (χ3v) is 5.47. The van der Waals surface area contributed by atoms with Gasteiger partial charge in [-0.05, 0) is 62.1 Å². The van der Waals surface area contributed by atoms with Crippen LogP contribution in [0.4, 0.5) is 14.5 Å². The van der Waals surface area contributed by atoms with Crippen LogP contribution < -0.4 is 10.2 Å². The fourth-order valence-electron chi connectivity index (χ4n) is 3.71. The number of halogens is 2. The molecule has 2 fully saturated rings. The van der Waals surface area contributed by atoms with E-state index in [9.17, 15) is 18.7 Å². The van der Waals surface area contributed by atoms with Crippen LogP contribution in [0.3, 0.4) is 0 Å². The smallest absolute Gasteiger partial charge is 0.255 e. The highest BCUT2D eigenvalue weighted by Gasteiger charge is 2.29. The summed E-state index contributed by atoms with van der Waals surface area (Å²) in [4.78, 5) is 14.7. The summed E-state index contributed by atoms with van der Waals surface area (Å²) in [6.45, 7) is 2.15. The largest absolute Gasteiger partial charge is 0.393 e. The van der Waals surface area contributed by atoms with Gasteiger partial charge in [0.15, 0.2) is 0 Å². The number of amides is 1. The van der Waals surface area contributed by atoms with Crippen molar-refractivity contribution >= 4 is 17.1 Å². The zero-order chi connectivity index (χ0) is 21.1. The minimum Gasteiger partial charge on any atom is -0.393 e. The number of carbonyl (C=O) groups is 1. The van der Waals surface area contributed by atoms with Crippen LogP contribution in [0.5, 0.6) is 0 Å². The van der Waals surface area contributed by atoms with Crippen molar-refractivity contribution in [3.63, 3.8) is 0 Å². The second-order valence-electron chi connectivity index (χ2n) is 7.70. The van der Waals surface area contributed by atoms with Crippen LogP contribution in [0.1, 0.15) is 36.0 Å². The summed E-state index contributed by atoms with van der Waals surface area (Å²) in [6.07, 6.45) is 6.99. The number of rotatable bonds is 3. The van der Waals surface area contributed by atoms with Crippen molar-refractivity contribution in [2.75, 3.05) is 18.0 Å². The van der Waals surface area contributed by atoms with Crippen LogP contribution in [0.15, 0.2) is 48.8 Å². The number of aliphatic hydroxyl groups is 1. The molecule has 1 amide bonds. The minimum absolute atomic E-state index is 0.0826. The van der Waals surface area contributed by atoms with Gasteiger partial charge in [0.25, 0.3) is 5.91 Å². The summed E-state index contributed by atoms with van der Waals surface area (Å²) in [5.41, 5.74) is 2.59. The van der Waals surface area contributed by atoms with Gasteiger partial charge in [-0.25, -0.2) is 13.3 Å². The first-order valence-electron chi connectivity index (χ1n) is 10.1. The SMILES string of the molecule is Fc1ccc(F)cc1.O=C(NC1CC(O)C1)c1cnn2ccc(N3CCCC3)cc12. The molecule has 1 aromatic carbocycles. The van der Waals surface area contributed by atoms with Gasteiger partial charge in [0.2, 0.25) is 0 Å². The van der Waals surface area contributed by atoms with Crippen LogP contribution >= 0.6 is 0 Å². The lowest BCUT2D eigenvalue weighted by atomic mass is 9.89. The first kappa shape index (κ1) is 20.3. The van der Waals surface area contributed by atoms with Crippen LogP contribution in [0.2, 0.25) is 0 Å². The molecule has 158 valence electrons. The van der Waals surface area contributed by atoms with Gasteiger partial charge in [0.05, 0.1) is 23.4 Å². The normalized spacial score (nSPS) is 20.4. The fourth-order valence-corrected chi connectivity index (χ4v) is 3.71. The molecular weight excluding hydrogens is 390 g/mol. The average Bonchev–Trinajstić information content (AvgIpc) is 3.39. The Morgan fingerprint density at radius 1 is 1.07 bits per heavy atom. The van der Waals surface area contributed by atoms with Crippen molar-refractivity contribution in [3.8, 4) is 0 Å². The monoisotopic (exact) mass is 414 g/mol. The molecule has 1 saturated heterocycles. The van der Waals surface area contributed by atoms with Crippen molar-refractivity contribution in [2.45, 2.75) is 37.8 Å². The number of carbonyl (C=O) groups excluding carboxylic acids is 1. The average molecular weight is 414 g/mol. The predicted octanol–water partition coefficient (Wildman–Crippen LogP) is 3.15. The number of benzene rings is 1. The van der Waals surface area contributed by atoms with Crippen LogP contribution in [0.25, 0.3) is 5.52 Å². The van der Waals surface area contributed by atoms with E-state index in [2.05, 4.69) is 21.4 Å². The van der Waals surface area contributed by atoms with Crippen LogP contribution in [0, 0.1) is 11.6 Å². The van der Waals surface area contributed by atoms with E-state index in [1.54, 1.807) is 10.7 Å². The van der Waals surface area contributed by atoms with Crippen LogP contribution in [-0.4, -0.2) is 45.9 Å². The number of fused-ring (bicyclic) bond motifs is 1. The number of aromatic nitrogens is 2. The minimum atomic E-state index is -0.411. The molecule has 3 heterocycles. The maximum atomic E-state index is 12.4. The zero-order valence-corrected chi connectivity index (χ0v) is 16.5. The fraction of sp³-hybridized carbons (Fsp3) is 0.364. The molecule has 5 rings (SSSR count). The van der Waals surface area contributed by atoms with Gasteiger partial charge < -0.3 is 15.3 Å². The van der Waals surface area contributed by atoms with Gasteiger partial charge in [-0.3, -0.25) is 4.79 Å². The van der Waals surface area contributed by atoms with Gasteiger partial charge >= 0.3 is 0 Å². The number of anilines is 1. The summed E-state index contributed by atoms with van der Waals surface area (Å²) in [5.74, 6) is -0.928. The third kappa shape index (κ3) is 4.59. The van der Waals surface area contributed by atoms with Crippen molar-refractivity contribution < 1.29 is 18.7 Å². The lowest BCUT2D eigenvalue weighted by Gasteiger charge is -2.31. The van der Waals surface area contributed by atoms with E-state index in [0.717, 1.165) is 48.6 Å². The Bertz CT molecular complexity index is 989. The molecule has 30 heavy (non-hydrogen) atoms. The molecule has 0 bridgehead atoms. The second-order valence-corrected chi connectivity index (χ2v) is 7.70. The van der Waals surface area contributed by atoms with Crippen molar-refractivity contribution in [2.24, 2.45) is 0 Å². The van der Waals surface area contributed by atoms with Gasteiger partial charge in [0, 0.05) is 31.0 Å². The van der Waals surface area contributed by atoms with Crippen LogP contribution in [-0.2, 0) is 0 Å². The van der Waals surface area contributed by atoms with Gasteiger partial charge in [-0.15, -0.1) is 0 Å². The lowest BCUT2D eigenvalue weighted by Crippen LogP contribution is -2.46. The Morgan fingerprint density at radius 3 is 2.30 bits per heavy atom. The summed E-state index contributed by atoms with van der Waals surface area (Å²) in [5, 5.41) is 16.5. The highest BCUT2D eigenvalue weighted by molar-refractivity contribution is 6.01. The molecule has 1 saturated carbocycles. The molecule has 1 aliphatic heterocycles. The molecule has 2 N–H and O–H groups in total. The van der Waals surface area contributed by atoms with Gasteiger partial charge in [-0.2, -0.15) is 5.10 Å². The van der Waals surface area contributed by atoms with E-state index in [0.29, 0.717) is 18.4 Å². The van der Waals surface area contributed by atoms with E-state index in [1.165, 1.54) is 12.8 Å². The van der Waals surface area contributed by atoms with Crippen molar-refractivity contribution in [1.29, 1.82) is 0 Å². The number of nitrogens with one attached hydrogen (secondary N) is 1. The molecular formula is C22H24F2N4O2. The number of hydrogen-bond acceptors (Lipinski definition) is 4. The Kier molecular flexibility index (Phi) is 5.94. The third-order valence-electron chi connectivity index (χ3n) is 5.47. The molecule has 1 aliphatic carbocycles. The molecule has 6 nitrogen and oxygen atoms in total. The molecule has 0 spiro atoms. The number of nitrogens with zero attached hydrogens (tertiary/aromatic N) is 3. The Labute approximate surface area is 173 Å². The quantitative estimate of drug-likeness (QED) is 0.691. The Morgan fingerprint density at radius 2 is 1.70 bits per heavy atom.